The van der Waals surface area contributed by atoms with Crippen LogP contribution in [0.5, 0.6) is 0 Å². The highest BCUT2D eigenvalue weighted by Crippen LogP contribution is 2.12. The molecule has 5 nitrogen and oxygen atoms in total. The van der Waals surface area contributed by atoms with Crippen molar-refractivity contribution in [3.8, 4) is 0 Å². The van der Waals surface area contributed by atoms with Gasteiger partial charge in [-0.2, -0.15) is 0 Å². The highest BCUT2D eigenvalue weighted by Gasteiger charge is 1.99. The van der Waals surface area contributed by atoms with Gasteiger partial charge in [-0.15, -0.1) is 0 Å². The van der Waals surface area contributed by atoms with E-state index in [1.165, 1.54) is 0 Å². The van der Waals surface area contributed by atoms with Gasteiger partial charge >= 0.3 is 0 Å². The molecule has 0 amide bonds. The molecule has 0 saturated heterocycles. The maximum absolute atomic E-state index is 4.24. The van der Waals surface area contributed by atoms with E-state index in [-0.39, 0.29) is 0 Å². The fourth-order valence-corrected chi connectivity index (χ4v) is 1.42. The Bertz CT molecular complexity index is 463. The Labute approximate surface area is 94.5 Å². The monoisotopic (exact) mass is 217 g/mol. The van der Waals surface area contributed by atoms with Crippen molar-refractivity contribution in [1.29, 1.82) is 0 Å². The zero-order valence-electron chi connectivity index (χ0n) is 9.44. The topological polar surface area (TPSA) is 54.8 Å². The van der Waals surface area contributed by atoms with E-state index in [4.69, 9.17) is 0 Å². The Kier molecular flexibility index (Phi) is 3.05. The van der Waals surface area contributed by atoms with Gasteiger partial charge in [0.05, 0.1) is 30.3 Å². The third-order valence-corrected chi connectivity index (χ3v) is 2.40. The molecule has 2 N–H and O–H groups in total. The second-order valence-corrected chi connectivity index (χ2v) is 3.52. The van der Waals surface area contributed by atoms with Crippen LogP contribution in [0.3, 0.4) is 0 Å². The van der Waals surface area contributed by atoms with Crippen LogP contribution in [0, 0.1) is 0 Å². The number of imidazole rings is 1. The number of aryl methyl sites for hydroxylation is 1. The average molecular weight is 217 g/mol. The zero-order valence-corrected chi connectivity index (χ0v) is 9.44. The minimum atomic E-state index is 0.693. The van der Waals surface area contributed by atoms with E-state index in [1.54, 1.807) is 18.6 Å². The molecule has 5 heteroatoms. The normalized spacial score (nSPS) is 10.1. The summed E-state index contributed by atoms with van der Waals surface area (Å²) in [6, 6.07) is 2.01. The van der Waals surface area contributed by atoms with Gasteiger partial charge in [0.15, 0.2) is 0 Å². The van der Waals surface area contributed by atoms with Crippen LogP contribution >= 0.6 is 0 Å². The van der Waals surface area contributed by atoms with Gasteiger partial charge in [-0.05, 0) is 6.07 Å². The SMILES string of the molecule is CNc1cncc(NCc2nccn2C)c1. The van der Waals surface area contributed by atoms with Gasteiger partial charge in [-0.1, -0.05) is 0 Å². The van der Waals surface area contributed by atoms with Crippen molar-refractivity contribution in [2.45, 2.75) is 6.54 Å². The Balaban J connectivity index is 2.02. The number of hydrogen-bond donors (Lipinski definition) is 2. The lowest BCUT2D eigenvalue weighted by atomic mass is 10.3. The summed E-state index contributed by atoms with van der Waals surface area (Å²) in [4.78, 5) is 8.36. The summed E-state index contributed by atoms with van der Waals surface area (Å²) in [5, 5.41) is 6.33. The summed E-state index contributed by atoms with van der Waals surface area (Å²) in [5.41, 5.74) is 1.97. The van der Waals surface area contributed by atoms with Crippen LogP contribution in [0.1, 0.15) is 5.82 Å². The molecule has 16 heavy (non-hydrogen) atoms. The van der Waals surface area contributed by atoms with Gasteiger partial charge in [0, 0.05) is 26.5 Å². The molecular weight excluding hydrogens is 202 g/mol. The molecule has 0 aliphatic rings. The summed E-state index contributed by atoms with van der Waals surface area (Å²) < 4.78 is 1.99. The van der Waals surface area contributed by atoms with Crippen molar-refractivity contribution in [2.75, 3.05) is 17.7 Å². The fraction of sp³-hybridized carbons (Fsp3) is 0.273. The largest absolute Gasteiger partial charge is 0.387 e. The number of nitrogens with zero attached hydrogens (tertiary/aromatic N) is 3. The van der Waals surface area contributed by atoms with Crippen LogP contribution in [-0.2, 0) is 13.6 Å². The van der Waals surface area contributed by atoms with Crippen molar-refractivity contribution in [1.82, 2.24) is 14.5 Å². The summed E-state index contributed by atoms with van der Waals surface area (Å²) in [6.07, 6.45) is 7.30. The van der Waals surface area contributed by atoms with E-state index in [2.05, 4.69) is 20.6 Å². The summed E-state index contributed by atoms with van der Waals surface area (Å²) >= 11 is 0. The first-order valence-electron chi connectivity index (χ1n) is 5.12. The fourth-order valence-electron chi connectivity index (χ4n) is 1.42. The molecule has 0 bridgehead atoms. The van der Waals surface area contributed by atoms with E-state index < -0.39 is 0 Å². The highest BCUT2D eigenvalue weighted by atomic mass is 15.1. The van der Waals surface area contributed by atoms with Gasteiger partial charge in [0.25, 0.3) is 0 Å². The first-order chi connectivity index (χ1) is 7.79. The number of pyridine rings is 1. The molecule has 2 heterocycles. The molecule has 2 aromatic rings. The van der Waals surface area contributed by atoms with Crippen molar-refractivity contribution < 1.29 is 0 Å². The lowest BCUT2D eigenvalue weighted by Gasteiger charge is -2.07. The minimum absolute atomic E-state index is 0.693. The van der Waals surface area contributed by atoms with E-state index in [9.17, 15) is 0 Å². The van der Waals surface area contributed by atoms with E-state index >= 15 is 0 Å². The Morgan fingerprint density at radius 1 is 1.31 bits per heavy atom. The molecule has 0 aliphatic heterocycles. The molecule has 0 radical (unpaired) electrons. The summed E-state index contributed by atoms with van der Waals surface area (Å²) in [6.45, 7) is 0.693. The predicted molar refractivity (Wildman–Crippen MR) is 64.3 cm³/mol. The Morgan fingerprint density at radius 3 is 2.81 bits per heavy atom. The first kappa shape index (κ1) is 10.5. The van der Waals surface area contributed by atoms with Crippen molar-refractivity contribution >= 4 is 11.4 Å². The molecular formula is C11H15N5. The number of aromatic nitrogens is 3. The number of nitrogens with one attached hydrogen (secondary N) is 2. The summed E-state index contributed by atoms with van der Waals surface area (Å²) in [5.74, 6) is 0.995. The molecule has 0 aliphatic carbocycles. The third kappa shape index (κ3) is 2.31. The average Bonchev–Trinajstić information content (AvgIpc) is 2.72. The van der Waals surface area contributed by atoms with E-state index in [1.807, 2.05) is 30.9 Å². The van der Waals surface area contributed by atoms with Crippen LogP contribution in [0.4, 0.5) is 11.4 Å². The number of anilines is 2. The van der Waals surface area contributed by atoms with Crippen LogP contribution in [-0.4, -0.2) is 21.6 Å². The van der Waals surface area contributed by atoms with Gasteiger partial charge in [-0.3, -0.25) is 4.98 Å². The molecule has 0 saturated carbocycles. The quantitative estimate of drug-likeness (QED) is 0.814. The molecule has 0 spiro atoms. The van der Waals surface area contributed by atoms with E-state index in [0.717, 1.165) is 17.2 Å². The molecule has 84 valence electrons. The highest BCUT2D eigenvalue weighted by molar-refractivity contribution is 5.53. The van der Waals surface area contributed by atoms with Crippen LogP contribution < -0.4 is 10.6 Å². The first-order valence-corrected chi connectivity index (χ1v) is 5.12. The van der Waals surface area contributed by atoms with E-state index in [0.29, 0.717) is 6.54 Å². The van der Waals surface area contributed by atoms with Gasteiger partial charge in [0.2, 0.25) is 0 Å². The standard InChI is InChI=1S/C11H15N5/c1-12-9-5-10(7-13-6-9)15-8-11-14-3-4-16(11)2/h3-7,12,15H,8H2,1-2H3. The Morgan fingerprint density at radius 2 is 2.12 bits per heavy atom. The second kappa shape index (κ2) is 4.65. The predicted octanol–water partition coefficient (Wildman–Crippen LogP) is 1.47. The summed E-state index contributed by atoms with van der Waals surface area (Å²) in [7, 11) is 3.85. The van der Waals surface area contributed by atoms with Crippen LogP contribution in [0.2, 0.25) is 0 Å². The smallest absolute Gasteiger partial charge is 0.127 e. The molecule has 0 aromatic carbocycles. The number of hydrogen-bond acceptors (Lipinski definition) is 4. The third-order valence-electron chi connectivity index (χ3n) is 2.40. The Hall–Kier alpha value is -2.04. The van der Waals surface area contributed by atoms with Gasteiger partial charge in [0.1, 0.15) is 5.82 Å². The lowest BCUT2D eigenvalue weighted by Crippen LogP contribution is -2.06. The molecule has 0 unspecified atom stereocenters. The molecule has 0 atom stereocenters. The zero-order chi connectivity index (χ0) is 11.4. The second-order valence-electron chi connectivity index (χ2n) is 3.52. The van der Waals surface area contributed by atoms with Crippen molar-refractivity contribution in [2.24, 2.45) is 7.05 Å². The van der Waals surface area contributed by atoms with Crippen LogP contribution in [0.25, 0.3) is 0 Å². The molecule has 2 rings (SSSR count). The molecule has 0 fully saturated rings. The number of rotatable bonds is 4. The van der Waals surface area contributed by atoms with Crippen LogP contribution in [0.15, 0.2) is 30.9 Å². The van der Waals surface area contributed by atoms with Crippen molar-refractivity contribution in [3.63, 3.8) is 0 Å². The maximum Gasteiger partial charge on any atom is 0.127 e. The molecule has 2 aromatic heterocycles. The maximum atomic E-state index is 4.24. The van der Waals surface area contributed by atoms with Crippen molar-refractivity contribution in [3.05, 3.63) is 36.7 Å². The van der Waals surface area contributed by atoms with Gasteiger partial charge < -0.3 is 15.2 Å². The van der Waals surface area contributed by atoms with Gasteiger partial charge in [-0.25, -0.2) is 4.98 Å². The lowest BCUT2D eigenvalue weighted by molar-refractivity contribution is 0.812. The minimum Gasteiger partial charge on any atom is -0.387 e.